The molecule has 0 amide bonds. The molecule has 20 heavy (non-hydrogen) atoms. The number of rotatable bonds is 4. The van der Waals surface area contributed by atoms with Gasteiger partial charge in [0.1, 0.15) is 22.2 Å². The van der Waals surface area contributed by atoms with Crippen LogP contribution in [0.1, 0.15) is 10.4 Å². The average Bonchev–Trinajstić information content (AvgIpc) is 2.42. The third-order valence-electron chi connectivity index (χ3n) is 2.25. The maximum atomic E-state index is 13.1. The van der Waals surface area contributed by atoms with Gasteiger partial charge in [0.05, 0.1) is 13.3 Å². The van der Waals surface area contributed by atoms with Crippen LogP contribution in [-0.2, 0) is 0 Å². The maximum Gasteiger partial charge on any atom is 0.339 e. The summed E-state index contributed by atoms with van der Waals surface area (Å²) in [6.07, 6.45) is 1.24. The van der Waals surface area contributed by atoms with E-state index >= 15 is 0 Å². The van der Waals surface area contributed by atoms with Gasteiger partial charge in [0.25, 0.3) is 0 Å². The fraction of sp³-hybridized carbons (Fsp3) is 0.0833. The molecule has 1 aromatic carbocycles. The summed E-state index contributed by atoms with van der Waals surface area (Å²) in [5.41, 5.74) is -0.348. The first-order chi connectivity index (χ1) is 9.51. The molecule has 1 N–H and O–H groups in total. The lowest BCUT2D eigenvalue weighted by Gasteiger charge is -2.09. The molecular formula is C12H8ClFN2O4. The Morgan fingerprint density at radius 1 is 1.45 bits per heavy atom. The highest BCUT2D eigenvalue weighted by Crippen LogP contribution is 2.30. The van der Waals surface area contributed by atoms with Crippen molar-refractivity contribution in [2.75, 3.05) is 7.11 Å². The van der Waals surface area contributed by atoms with Gasteiger partial charge in [-0.25, -0.2) is 14.2 Å². The van der Waals surface area contributed by atoms with E-state index < -0.39 is 11.8 Å². The maximum absolute atomic E-state index is 13.1. The number of carboxylic acids is 1. The van der Waals surface area contributed by atoms with E-state index in [1.54, 1.807) is 0 Å². The molecule has 0 aliphatic rings. The zero-order valence-electron chi connectivity index (χ0n) is 10.1. The number of methoxy groups -OCH3 is 1. The van der Waals surface area contributed by atoms with E-state index in [9.17, 15) is 9.18 Å². The Morgan fingerprint density at radius 3 is 2.85 bits per heavy atom. The lowest BCUT2D eigenvalue weighted by Crippen LogP contribution is -2.02. The Hall–Kier alpha value is -2.41. The van der Waals surface area contributed by atoms with E-state index in [1.807, 2.05) is 0 Å². The minimum atomic E-state index is -1.34. The number of carbonyl (C=O) groups is 1. The summed E-state index contributed by atoms with van der Waals surface area (Å²) in [6.45, 7) is 0. The van der Waals surface area contributed by atoms with Crippen molar-refractivity contribution in [3.63, 3.8) is 0 Å². The zero-order chi connectivity index (χ0) is 14.7. The number of ether oxygens (including phenoxy) is 2. The predicted molar refractivity (Wildman–Crippen MR) is 67.0 cm³/mol. The van der Waals surface area contributed by atoms with E-state index in [1.165, 1.54) is 19.4 Å². The quantitative estimate of drug-likeness (QED) is 0.934. The van der Waals surface area contributed by atoms with Crippen LogP contribution in [0.5, 0.6) is 17.6 Å². The molecule has 0 atom stereocenters. The highest BCUT2D eigenvalue weighted by molar-refractivity contribution is 6.31. The highest BCUT2D eigenvalue weighted by atomic mass is 35.5. The molecule has 0 unspecified atom stereocenters. The summed E-state index contributed by atoms with van der Waals surface area (Å²) in [7, 11) is 1.35. The molecule has 6 nitrogen and oxygen atoms in total. The largest absolute Gasteiger partial charge is 0.478 e. The molecule has 2 rings (SSSR count). The molecule has 0 bridgehead atoms. The minimum Gasteiger partial charge on any atom is -0.478 e. The van der Waals surface area contributed by atoms with Crippen LogP contribution in [0.3, 0.4) is 0 Å². The van der Waals surface area contributed by atoms with Crippen LogP contribution in [0.25, 0.3) is 0 Å². The van der Waals surface area contributed by atoms with Crippen LogP contribution in [-0.4, -0.2) is 28.2 Å². The Balaban J connectivity index is 2.42. The third kappa shape index (κ3) is 2.94. The zero-order valence-corrected chi connectivity index (χ0v) is 10.9. The summed E-state index contributed by atoms with van der Waals surface area (Å²) in [4.78, 5) is 18.6. The van der Waals surface area contributed by atoms with Crippen molar-refractivity contribution in [1.29, 1.82) is 0 Å². The van der Waals surface area contributed by atoms with Gasteiger partial charge >= 0.3 is 12.0 Å². The van der Waals surface area contributed by atoms with Gasteiger partial charge < -0.3 is 14.6 Å². The molecule has 1 heterocycles. The molecule has 0 spiro atoms. The normalized spacial score (nSPS) is 10.2. The first kappa shape index (κ1) is 14.0. The second kappa shape index (κ2) is 5.70. The van der Waals surface area contributed by atoms with Crippen molar-refractivity contribution in [3.05, 3.63) is 40.8 Å². The first-order valence-electron chi connectivity index (χ1n) is 5.28. The van der Waals surface area contributed by atoms with Crippen molar-refractivity contribution in [3.8, 4) is 17.6 Å². The van der Waals surface area contributed by atoms with Gasteiger partial charge in [-0.05, 0) is 18.2 Å². The SMILES string of the molecule is COc1ncc(Cl)c(Oc2ccc(F)cc2C(=O)O)n1. The number of aromatic nitrogens is 2. The fourth-order valence-corrected chi connectivity index (χ4v) is 1.50. The summed E-state index contributed by atoms with van der Waals surface area (Å²) in [5.74, 6) is -2.22. The number of hydrogen-bond donors (Lipinski definition) is 1. The van der Waals surface area contributed by atoms with Crippen molar-refractivity contribution in [1.82, 2.24) is 9.97 Å². The van der Waals surface area contributed by atoms with Gasteiger partial charge in [0.15, 0.2) is 0 Å². The fourth-order valence-electron chi connectivity index (χ4n) is 1.37. The van der Waals surface area contributed by atoms with Crippen molar-refractivity contribution in [2.24, 2.45) is 0 Å². The van der Waals surface area contributed by atoms with Crippen LogP contribution in [0.2, 0.25) is 5.02 Å². The Bertz CT molecular complexity index is 666. The monoisotopic (exact) mass is 298 g/mol. The van der Waals surface area contributed by atoms with Crippen molar-refractivity contribution >= 4 is 17.6 Å². The molecule has 0 aliphatic heterocycles. The second-order valence-electron chi connectivity index (χ2n) is 3.56. The van der Waals surface area contributed by atoms with Crippen LogP contribution < -0.4 is 9.47 Å². The molecule has 0 saturated carbocycles. The van der Waals surface area contributed by atoms with Crippen molar-refractivity contribution < 1.29 is 23.8 Å². The number of aromatic carboxylic acids is 1. The number of hydrogen-bond acceptors (Lipinski definition) is 5. The van der Waals surface area contributed by atoms with E-state index in [0.717, 1.165) is 12.1 Å². The number of carboxylic acid groups (broad SMARTS) is 1. The Labute approximate surface area is 117 Å². The van der Waals surface area contributed by atoms with Gasteiger partial charge in [-0.15, -0.1) is 0 Å². The first-order valence-corrected chi connectivity index (χ1v) is 5.66. The van der Waals surface area contributed by atoms with Crippen molar-refractivity contribution in [2.45, 2.75) is 0 Å². The summed E-state index contributed by atoms with van der Waals surface area (Å²) >= 11 is 5.84. The van der Waals surface area contributed by atoms with E-state index in [-0.39, 0.29) is 28.2 Å². The molecule has 104 valence electrons. The van der Waals surface area contributed by atoms with E-state index in [4.69, 9.17) is 26.2 Å². The molecule has 0 radical (unpaired) electrons. The van der Waals surface area contributed by atoms with Gasteiger partial charge in [0.2, 0.25) is 5.88 Å². The predicted octanol–water partition coefficient (Wildman–Crippen LogP) is 2.77. The standard InChI is InChI=1S/C12H8ClFN2O4/c1-19-12-15-5-8(13)10(16-12)20-9-3-2-6(14)4-7(9)11(17)18/h2-5H,1H3,(H,17,18). The topological polar surface area (TPSA) is 81.5 Å². The molecule has 1 aromatic heterocycles. The highest BCUT2D eigenvalue weighted by Gasteiger charge is 2.16. The minimum absolute atomic E-state index is 0.00314. The van der Waals surface area contributed by atoms with Crippen LogP contribution in [0.15, 0.2) is 24.4 Å². The third-order valence-corrected chi connectivity index (χ3v) is 2.51. The number of benzene rings is 1. The molecule has 2 aromatic rings. The number of halogens is 2. The van der Waals surface area contributed by atoms with Gasteiger partial charge in [0, 0.05) is 0 Å². The van der Waals surface area contributed by atoms with Gasteiger partial charge in [-0.2, -0.15) is 4.98 Å². The molecular weight excluding hydrogens is 291 g/mol. The molecule has 0 saturated heterocycles. The van der Waals surface area contributed by atoms with Crippen LogP contribution in [0.4, 0.5) is 4.39 Å². The average molecular weight is 299 g/mol. The van der Waals surface area contributed by atoms with E-state index in [0.29, 0.717) is 0 Å². The molecule has 0 fully saturated rings. The number of nitrogens with zero attached hydrogens (tertiary/aromatic N) is 2. The van der Waals surface area contributed by atoms with Crippen LogP contribution >= 0.6 is 11.6 Å². The smallest absolute Gasteiger partial charge is 0.339 e. The Kier molecular flexibility index (Phi) is 3.99. The van der Waals surface area contributed by atoms with Crippen LogP contribution in [0, 0.1) is 5.82 Å². The summed E-state index contributed by atoms with van der Waals surface area (Å²) < 4.78 is 23.1. The molecule has 8 heteroatoms. The van der Waals surface area contributed by atoms with E-state index in [2.05, 4.69) is 9.97 Å². The summed E-state index contributed by atoms with van der Waals surface area (Å²) in [6, 6.07) is 3.07. The Morgan fingerprint density at radius 2 is 2.20 bits per heavy atom. The molecule has 0 aliphatic carbocycles. The summed E-state index contributed by atoms with van der Waals surface area (Å²) in [5, 5.41) is 9.06. The van der Waals surface area contributed by atoms with Gasteiger partial charge in [-0.3, -0.25) is 0 Å². The lowest BCUT2D eigenvalue weighted by atomic mass is 10.2. The second-order valence-corrected chi connectivity index (χ2v) is 3.96. The van der Waals surface area contributed by atoms with Gasteiger partial charge in [-0.1, -0.05) is 11.6 Å². The lowest BCUT2D eigenvalue weighted by molar-refractivity contribution is 0.0693.